The van der Waals surface area contributed by atoms with Crippen LogP contribution in [0, 0.1) is 13.8 Å². The Morgan fingerprint density at radius 1 is 1.29 bits per heavy atom. The molecular formula is C14H19F2N3OS. The second-order valence-corrected chi connectivity index (χ2v) is 5.99. The fraction of sp³-hybridized carbons (Fsp3) is 0.571. The Morgan fingerprint density at radius 3 is 2.71 bits per heavy atom. The summed E-state index contributed by atoms with van der Waals surface area (Å²) in [6.07, 6.45) is -1.50. The number of anilines is 1. The van der Waals surface area contributed by atoms with Gasteiger partial charge in [-0.15, -0.1) is 11.3 Å². The number of halogens is 2. The summed E-state index contributed by atoms with van der Waals surface area (Å²) in [5, 5.41) is 4.30. The third kappa shape index (κ3) is 3.85. The third-order valence-electron chi connectivity index (χ3n) is 3.09. The lowest BCUT2D eigenvalue weighted by molar-refractivity contribution is 0.00781. The van der Waals surface area contributed by atoms with Crippen molar-refractivity contribution >= 4 is 27.4 Å². The van der Waals surface area contributed by atoms with Gasteiger partial charge in [0.25, 0.3) is 6.43 Å². The number of fused-ring (bicyclic) bond motifs is 1. The van der Waals surface area contributed by atoms with E-state index in [9.17, 15) is 8.78 Å². The lowest BCUT2D eigenvalue weighted by Gasteiger charge is -2.09. The Hall–Kier alpha value is -1.34. The first-order valence-electron chi connectivity index (χ1n) is 6.89. The van der Waals surface area contributed by atoms with E-state index in [2.05, 4.69) is 22.2 Å². The van der Waals surface area contributed by atoms with Gasteiger partial charge in [-0.2, -0.15) is 0 Å². The van der Waals surface area contributed by atoms with Crippen LogP contribution < -0.4 is 5.32 Å². The molecular weight excluding hydrogens is 296 g/mol. The highest BCUT2D eigenvalue weighted by Crippen LogP contribution is 2.33. The molecule has 0 fully saturated rings. The molecule has 4 nitrogen and oxygen atoms in total. The molecule has 0 aliphatic heterocycles. The molecule has 2 aromatic rings. The zero-order valence-corrected chi connectivity index (χ0v) is 13.2. The number of aryl methyl sites for hydroxylation is 2. The number of thiophene rings is 1. The molecule has 0 unspecified atom stereocenters. The van der Waals surface area contributed by atoms with Crippen molar-refractivity contribution in [2.45, 2.75) is 40.2 Å². The zero-order valence-electron chi connectivity index (χ0n) is 12.4. The summed E-state index contributed by atoms with van der Waals surface area (Å²) in [6.45, 7) is 6.36. The van der Waals surface area contributed by atoms with Gasteiger partial charge in [-0.25, -0.2) is 18.7 Å². The third-order valence-corrected chi connectivity index (χ3v) is 4.19. The van der Waals surface area contributed by atoms with Crippen LogP contribution >= 0.6 is 11.3 Å². The van der Waals surface area contributed by atoms with Crippen LogP contribution in [0.25, 0.3) is 10.2 Å². The molecule has 0 saturated carbocycles. The standard InChI is InChI=1S/C14H19F2N3OS/c1-4-5-17-13-12-8(2)9(3)21-14(12)19-11(18-13)7-20-6-10(15)16/h10H,4-7H2,1-3H3,(H,17,18,19). The summed E-state index contributed by atoms with van der Waals surface area (Å²) in [6, 6.07) is 0. The van der Waals surface area contributed by atoms with E-state index in [0.29, 0.717) is 5.82 Å². The number of nitrogens with zero attached hydrogens (tertiary/aromatic N) is 2. The Kier molecular flexibility index (Phi) is 5.41. The molecule has 2 rings (SSSR count). The summed E-state index contributed by atoms with van der Waals surface area (Å²) in [4.78, 5) is 10.9. The van der Waals surface area contributed by atoms with Gasteiger partial charge in [0.05, 0.1) is 5.39 Å². The van der Waals surface area contributed by atoms with Crippen LogP contribution in [0.5, 0.6) is 0 Å². The number of nitrogens with one attached hydrogen (secondary N) is 1. The van der Waals surface area contributed by atoms with E-state index < -0.39 is 13.0 Å². The maximum Gasteiger partial charge on any atom is 0.261 e. The van der Waals surface area contributed by atoms with Crippen molar-refractivity contribution in [2.75, 3.05) is 18.5 Å². The molecule has 0 radical (unpaired) electrons. The van der Waals surface area contributed by atoms with Crippen LogP contribution in [0.2, 0.25) is 0 Å². The molecule has 2 heterocycles. The van der Waals surface area contributed by atoms with Crippen molar-refractivity contribution in [3.63, 3.8) is 0 Å². The van der Waals surface area contributed by atoms with Gasteiger partial charge in [0.1, 0.15) is 23.9 Å². The molecule has 0 aliphatic carbocycles. The van der Waals surface area contributed by atoms with E-state index in [1.807, 2.05) is 13.8 Å². The smallest absolute Gasteiger partial charge is 0.261 e. The highest BCUT2D eigenvalue weighted by molar-refractivity contribution is 7.18. The Labute approximate surface area is 126 Å². The molecule has 2 aromatic heterocycles. The Morgan fingerprint density at radius 2 is 2.05 bits per heavy atom. The van der Waals surface area contributed by atoms with Crippen molar-refractivity contribution in [1.82, 2.24) is 9.97 Å². The van der Waals surface area contributed by atoms with Crippen LogP contribution in [0.3, 0.4) is 0 Å². The molecule has 21 heavy (non-hydrogen) atoms. The molecule has 7 heteroatoms. The van der Waals surface area contributed by atoms with E-state index in [4.69, 9.17) is 4.74 Å². The van der Waals surface area contributed by atoms with Gasteiger partial charge < -0.3 is 10.1 Å². The van der Waals surface area contributed by atoms with E-state index in [1.165, 1.54) is 4.88 Å². The number of hydrogen-bond donors (Lipinski definition) is 1. The summed E-state index contributed by atoms with van der Waals surface area (Å²) in [5.74, 6) is 1.20. The number of aromatic nitrogens is 2. The molecule has 1 N–H and O–H groups in total. The largest absolute Gasteiger partial charge is 0.369 e. The SMILES string of the molecule is CCCNc1nc(COCC(F)F)nc2sc(C)c(C)c12. The van der Waals surface area contributed by atoms with E-state index in [-0.39, 0.29) is 6.61 Å². The number of alkyl halides is 2. The lowest BCUT2D eigenvalue weighted by atomic mass is 10.2. The number of ether oxygens (including phenoxy) is 1. The molecule has 0 spiro atoms. The molecule has 0 atom stereocenters. The fourth-order valence-corrected chi connectivity index (χ4v) is 3.02. The normalized spacial score (nSPS) is 11.5. The van der Waals surface area contributed by atoms with Gasteiger partial charge in [-0.1, -0.05) is 6.92 Å². The van der Waals surface area contributed by atoms with E-state index >= 15 is 0 Å². The predicted molar refractivity (Wildman–Crippen MR) is 81.3 cm³/mol. The van der Waals surface area contributed by atoms with E-state index in [0.717, 1.165) is 34.6 Å². The first-order chi connectivity index (χ1) is 10.0. The van der Waals surface area contributed by atoms with Gasteiger partial charge >= 0.3 is 0 Å². The monoisotopic (exact) mass is 315 g/mol. The maximum atomic E-state index is 12.1. The van der Waals surface area contributed by atoms with Crippen molar-refractivity contribution in [1.29, 1.82) is 0 Å². The minimum absolute atomic E-state index is 0.00290. The quantitative estimate of drug-likeness (QED) is 0.841. The Bertz CT molecular complexity index is 616. The molecule has 0 aliphatic rings. The van der Waals surface area contributed by atoms with Crippen molar-refractivity contribution in [2.24, 2.45) is 0 Å². The highest BCUT2D eigenvalue weighted by atomic mass is 32.1. The number of hydrogen-bond acceptors (Lipinski definition) is 5. The fourth-order valence-electron chi connectivity index (χ4n) is 1.97. The summed E-state index contributed by atoms with van der Waals surface area (Å²) in [5.41, 5.74) is 1.16. The van der Waals surface area contributed by atoms with Crippen LogP contribution in [0.1, 0.15) is 29.6 Å². The minimum atomic E-state index is -2.47. The van der Waals surface area contributed by atoms with Crippen LogP contribution in [-0.4, -0.2) is 29.5 Å². The molecule has 0 saturated heterocycles. The van der Waals surface area contributed by atoms with Crippen molar-refractivity contribution in [3.8, 4) is 0 Å². The van der Waals surface area contributed by atoms with Gasteiger partial charge in [0.2, 0.25) is 0 Å². The zero-order chi connectivity index (χ0) is 15.4. The van der Waals surface area contributed by atoms with Gasteiger partial charge in [0.15, 0.2) is 5.82 Å². The van der Waals surface area contributed by atoms with E-state index in [1.54, 1.807) is 11.3 Å². The lowest BCUT2D eigenvalue weighted by Crippen LogP contribution is -2.09. The predicted octanol–water partition coefficient (Wildman–Crippen LogP) is 3.91. The second kappa shape index (κ2) is 7.09. The van der Waals surface area contributed by atoms with Crippen molar-refractivity contribution in [3.05, 3.63) is 16.3 Å². The molecule has 116 valence electrons. The van der Waals surface area contributed by atoms with Gasteiger partial charge in [0, 0.05) is 11.4 Å². The first-order valence-corrected chi connectivity index (χ1v) is 7.71. The minimum Gasteiger partial charge on any atom is -0.369 e. The molecule has 0 amide bonds. The van der Waals surface area contributed by atoms with Crippen LogP contribution in [-0.2, 0) is 11.3 Å². The maximum absolute atomic E-state index is 12.1. The Balaban J connectivity index is 2.30. The van der Waals surface area contributed by atoms with Crippen molar-refractivity contribution < 1.29 is 13.5 Å². The first kappa shape index (κ1) is 16.0. The molecule has 0 bridgehead atoms. The summed E-state index contributed by atoms with van der Waals surface area (Å²) < 4.78 is 29.2. The number of rotatable bonds is 7. The molecule has 0 aromatic carbocycles. The topological polar surface area (TPSA) is 47.0 Å². The second-order valence-electron chi connectivity index (χ2n) is 4.78. The van der Waals surface area contributed by atoms with Crippen LogP contribution in [0.15, 0.2) is 0 Å². The average Bonchev–Trinajstić information content (AvgIpc) is 2.71. The summed E-state index contributed by atoms with van der Waals surface area (Å²) in [7, 11) is 0. The van der Waals surface area contributed by atoms with Crippen LogP contribution in [0.4, 0.5) is 14.6 Å². The highest BCUT2D eigenvalue weighted by Gasteiger charge is 2.14. The van der Waals surface area contributed by atoms with Gasteiger partial charge in [-0.05, 0) is 25.8 Å². The average molecular weight is 315 g/mol. The summed E-state index contributed by atoms with van der Waals surface area (Å²) >= 11 is 1.59. The van der Waals surface area contributed by atoms with Gasteiger partial charge in [-0.3, -0.25) is 0 Å².